The Hall–Kier alpha value is -5.18. The molecule has 0 spiro atoms. The maximum Gasteiger partial charge on any atom is 0.516 e. The van der Waals surface area contributed by atoms with Gasteiger partial charge in [0.05, 0.1) is 23.0 Å². The van der Waals surface area contributed by atoms with Gasteiger partial charge in [0.2, 0.25) is 12.2 Å². The van der Waals surface area contributed by atoms with Gasteiger partial charge in [0, 0.05) is 43.1 Å². The number of nitrogens with zero attached hydrogens (tertiary/aromatic N) is 2. The first-order valence-corrected chi connectivity index (χ1v) is 13.4. The lowest BCUT2D eigenvalue weighted by atomic mass is 9.71. The summed E-state index contributed by atoms with van der Waals surface area (Å²) in [6, 6.07) is 7.38. The fourth-order valence-electron chi connectivity index (χ4n) is 5.12. The van der Waals surface area contributed by atoms with E-state index >= 15 is 0 Å². The molecule has 2 aromatic carbocycles. The fourth-order valence-corrected chi connectivity index (χ4v) is 5.12. The minimum atomic E-state index is -1.28. The zero-order chi connectivity index (χ0) is 31.6. The molecule has 44 heavy (non-hydrogen) atoms. The number of aromatic nitrogens is 1. The Morgan fingerprint density at radius 1 is 1.18 bits per heavy atom. The van der Waals surface area contributed by atoms with E-state index in [4.69, 9.17) is 18.9 Å². The minimum absolute atomic E-state index is 0.0317. The van der Waals surface area contributed by atoms with Crippen molar-refractivity contribution in [2.24, 2.45) is 5.41 Å². The molecule has 1 N–H and O–H groups in total. The number of ketones is 1. The predicted octanol–water partition coefficient (Wildman–Crippen LogP) is 3.90. The van der Waals surface area contributed by atoms with Crippen LogP contribution in [-0.4, -0.2) is 46.8 Å². The lowest BCUT2D eigenvalue weighted by Crippen LogP contribution is -2.52. The second kappa shape index (κ2) is 12.2. The second-order valence-corrected chi connectivity index (χ2v) is 10.3. The molecule has 1 fully saturated rings. The number of hydrogen-bond acceptors (Lipinski definition) is 10. The van der Waals surface area contributed by atoms with E-state index in [-0.39, 0.29) is 35.8 Å². The molecule has 1 amide bonds. The minimum Gasteiger partial charge on any atom is -0.451 e. The van der Waals surface area contributed by atoms with E-state index < -0.39 is 69.5 Å². The quantitative estimate of drug-likeness (QED) is 0.129. The normalized spacial score (nSPS) is 18.9. The summed E-state index contributed by atoms with van der Waals surface area (Å²) in [5.74, 6) is -3.71. The summed E-state index contributed by atoms with van der Waals surface area (Å²) in [5, 5.41) is 13.2. The van der Waals surface area contributed by atoms with E-state index in [1.165, 1.54) is 22.9 Å². The van der Waals surface area contributed by atoms with Gasteiger partial charge in [-0.1, -0.05) is 6.07 Å². The molecule has 0 radical (unpaired) electrons. The molecule has 0 bridgehead atoms. The van der Waals surface area contributed by atoms with Gasteiger partial charge in [-0.25, -0.2) is 13.6 Å². The Labute approximate surface area is 247 Å². The molecule has 2 aliphatic rings. The number of nitro groups is 1. The molecule has 0 aliphatic carbocycles. The van der Waals surface area contributed by atoms with Gasteiger partial charge < -0.3 is 28.8 Å². The van der Waals surface area contributed by atoms with Gasteiger partial charge in [0.15, 0.2) is 11.5 Å². The maximum absolute atomic E-state index is 14.1. The van der Waals surface area contributed by atoms with Gasteiger partial charge in [-0.3, -0.25) is 24.5 Å². The molecule has 2 aliphatic heterocycles. The van der Waals surface area contributed by atoms with Gasteiger partial charge >= 0.3 is 6.16 Å². The Morgan fingerprint density at radius 2 is 1.93 bits per heavy atom. The van der Waals surface area contributed by atoms with Gasteiger partial charge in [0.1, 0.15) is 28.6 Å². The molecule has 2 atom stereocenters. The largest absolute Gasteiger partial charge is 0.516 e. The molecule has 1 saturated heterocycles. The summed E-state index contributed by atoms with van der Waals surface area (Å²) in [5.41, 5.74) is -2.83. The van der Waals surface area contributed by atoms with Gasteiger partial charge in [-0.2, -0.15) is 0 Å². The van der Waals surface area contributed by atoms with Gasteiger partial charge in [-0.05, 0) is 38.0 Å². The molecule has 5 rings (SSSR count). The average molecular weight is 614 g/mol. The number of nitrogens with one attached hydrogen (secondary N) is 1. The van der Waals surface area contributed by atoms with Crippen molar-refractivity contribution in [2.45, 2.75) is 39.0 Å². The van der Waals surface area contributed by atoms with Crippen LogP contribution >= 0.6 is 0 Å². The van der Waals surface area contributed by atoms with Crippen molar-refractivity contribution < 1.29 is 47.0 Å². The molecule has 3 aromatic rings. The molecule has 1 aromatic heterocycles. The van der Waals surface area contributed by atoms with Crippen molar-refractivity contribution in [3.63, 3.8) is 0 Å². The van der Waals surface area contributed by atoms with E-state index in [0.717, 1.165) is 24.3 Å². The standard InChI is InChI=1S/C29H25F2N3O10/c1-29-9-2-10-41-22(29)14-33-13-20(27(37)32-12-16-3-4-17(30)11-21(16)31)24(35)25(23(33)26(29)36)42-15-43-28(38)44-19-7-5-18(6-8-19)34(39)40/h3-8,11,13,22H,2,9-10,12,14-15H2,1H3,(H,32,37)/t22-,29-/m0/s1. The Balaban J connectivity index is 1.39. The molecular formula is C29H25F2N3O10. The first-order valence-electron chi connectivity index (χ1n) is 13.4. The zero-order valence-corrected chi connectivity index (χ0v) is 23.2. The maximum atomic E-state index is 14.1. The summed E-state index contributed by atoms with van der Waals surface area (Å²) in [6.45, 7) is 0.969. The number of Topliss-reactive ketones (excluding diaryl/α,β-unsaturated/α-hetero) is 1. The van der Waals surface area contributed by atoms with E-state index in [1.54, 1.807) is 6.92 Å². The number of halogens is 2. The summed E-state index contributed by atoms with van der Waals surface area (Å²) in [6.07, 6.45) is 0.441. The summed E-state index contributed by atoms with van der Waals surface area (Å²) < 4.78 is 49.9. The van der Waals surface area contributed by atoms with E-state index in [9.17, 15) is 38.1 Å². The molecule has 3 heterocycles. The van der Waals surface area contributed by atoms with Crippen LogP contribution in [0.5, 0.6) is 11.5 Å². The van der Waals surface area contributed by atoms with E-state index in [1.807, 2.05) is 0 Å². The third-order valence-electron chi connectivity index (χ3n) is 7.53. The van der Waals surface area contributed by atoms with Gasteiger partial charge in [-0.15, -0.1) is 0 Å². The Morgan fingerprint density at radius 3 is 2.64 bits per heavy atom. The number of hydrogen-bond donors (Lipinski definition) is 1. The number of benzene rings is 2. The SMILES string of the molecule is C[C@]12CCCO[C@H]1Cn1cc(C(=O)NCc3ccc(F)cc3F)c(=O)c(OCOC(=O)Oc3ccc([N+](=O)[O-])cc3)c1C2=O. The highest BCUT2D eigenvalue weighted by Crippen LogP contribution is 2.42. The van der Waals surface area contributed by atoms with Crippen LogP contribution in [0, 0.1) is 27.2 Å². The van der Waals surface area contributed by atoms with Crippen LogP contribution in [0.25, 0.3) is 0 Å². The zero-order valence-electron chi connectivity index (χ0n) is 23.2. The number of non-ortho nitro benzene ring substituents is 1. The molecule has 230 valence electrons. The van der Waals surface area contributed by atoms with Crippen LogP contribution in [0.2, 0.25) is 0 Å². The molecule has 13 nitrogen and oxygen atoms in total. The van der Waals surface area contributed by atoms with Crippen LogP contribution in [-0.2, 0) is 22.6 Å². The van der Waals surface area contributed by atoms with Crippen LogP contribution in [0.1, 0.15) is 46.2 Å². The number of ether oxygens (including phenoxy) is 4. The van der Waals surface area contributed by atoms with Crippen LogP contribution in [0.4, 0.5) is 19.3 Å². The third kappa shape index (κ3) is 5.99. The van der Waals surface area contributed by atoms with Crippen LogP contribution in [0.3, 0.4) is 0 Å². The smallest absolute Gasteiger partial charge is 0.451 e. The molecular weight excluding hydrogens is 588 g/mol. The number of carbonyl (C=O) groups is 3. The highest BCUT2D eigenvalue weighted by Gasteiger charge is 2.50. The lowest BCUT2D eigenvalue weighted by Gasteiger charge is -2.44. The molecule has 0 saturated carbocycles. The average Bonchev–Trinajstić information content (AvgIpc) is 2.98. The number of pyridine rings is 1. The van der Waals surface area contributed by atoms with Crippen molar-refractivity contribution in [1.82, 2.24) is 9.88 Å². The first-order chi connectivity index (χ1) is 21.0. The number of fused-ring (bicyclic) bond motifs is 2. The van der Waals surface area contributed by atoms with Crippen molar-refractivity contribution >= 4 is 23.5 Å². The number of rotatable bonds is 8. The van der Waals surface area contributed by atoms with Gasteiger partial charge in [0.25, 0.3) is 11.6 Å². The Kier molecular flexibility index (Phi) is 8.40. The van der Waals surface area contributed by atoms with E-state index in [2.05, 4.69) is 5.32 Å². The Bertz CT molecular complexity index is 1710. The van der Waals surface area contributed by atoms with Crippen molar-refractivity contribution in [3.05, 3.63) is 97.5 Å². The summed E-state index contributed by atoms with van der Waals surface area (Å²) >= 11 is 0. The number of amides is 1. The predicted molar refractivity (Wildman–Crippen MR) is 145 cm³/mol. The monoisotopic (exact) mass is 613 g/mol. The number of nitro benzene ring substituents is 1. The summed E-state index contributed by atoms with van der Waals surface area (Å²) in [4.78, 5) is 62.7. The fraction of sp³-hybridized carbons (Fsp3) is 0.310. The third-order valence-corrected chi connectivity index (χ3v) is 7.53. The van der Waals surface area contributed by atoms with Crippen molar-refractivity contribution in [2.75, 3.05) is 13.4 Å². The van der Waals surface area contributed by atoms with Crippen LogP contribution in [0.15, 0.2) is 53.5 Å². The number of carbonyl (C=O) groups excluding carboxylic acids is 3. The van der Waals surface area contributed by atoms with Crippen molar-refractivity contribution in [3.8, 4) is 11.5 Å². The van der Waals surface area contributed by atoms with E-state index in [0.29, 0.717) is 25.5 Å². The molecule has 0 unspecified atom stereocenters. The highest BCUT2D eigenvalue weighted by atomic mass is 19.1. The second-order valence-electron chi connectivity index (χ2n) is 10.3. The highest BCUT2D eigenvalue weighted by molar-refractivity contribution is 6.03. The first kappa shape index (κ1) is 30.3. The van der Waals surface area contributed by atoms with Crippen molar-refractivity contribution in [1.29, 1.82) is 0 Å². The lowest BCUT2D eigenvalue weighted by molar-refractivity contribution is -0.384. The molecule has 15 heteroatoms. The van der Waals surface area contributed by atoms with Crippen LogP contribution < -0.4 is 20.2 Å². The summed E-state index contributed by atoms with van der Waals surface area (Å²) in [7, 11) is 0. The topological polar surface area (TPSA) is 165 Å².